The maximum Gasteiger partial charge on any atom is 0.407 e. The van der Waals surface area contributed by atoms with E-state index in [1.54, 1.807) is 24.3 Å². The fourth-order valence-electron chi connectivity index (χ4n) is 4.11. The Morgan fingerprint density at radius 3 is 2.12 bits per heavy atom. The lowest BCUT2D eigenvalue weighted by Gasteiger charge is -2.19. The second kappa shape index (κ2) is 10.4. The maximum atomic E-state index is 12.6. The first-order chi connectivity index (χ1) is 16.4. The van der Waals surface area contributed by atoms with Crippen LogP contribution >= 0.6 is 11.6 Å². The fourth-order valence-corrected chi connectivity index (χ4v) is 4.32. The Kier molecular flexibility index (Phi) is 7.13. The molecule has 8 heteroatoms. The number of ether oxygens (including phenoxy) is 1. The first-order valence-corrected chi connectivity index (χ1v) is 11.2. The van der Waals surface area contributed by atoms with Crippen molar-refractivity contribution in [3.63, 3.8) is 0 Å². The molecule has 4 rings (SSSR count). The average Bonchev–Trinajstić information content (AvgIpc) is 3.15. The molecule has 1 aliphatic rings. The van der Waals surface area contributed by atoms with Crippen LogP contribution in [0.4, 0.5) is 4.79 Å². The summed E-state index contributed by atoms with van der Waals surface area (Å²) < 4.78 is 5.44. The van der Waals surface area contributed by atoms with E-state index in [0.717, 1.165) is 22.3 Å². The number of hydrogen-bond donors (Lipinski definition) is 3. The average molecular weight is 479 g/mol. The molecular weight excluding hydrogens is 456 g/mol. The van der Waals surface area contributed by atoms with Crippen molar-refractivity contribution in [2.24, 2.45) is 0 Å². The van der Waals surface area contributed by atoms with Crippen molar-refractivity contribution >= 4 is 29.6 Å². The van der Waals surface area contributed by atoms with E-state index in [0.29, 0.717) is 10.6 Å². The van der Waals surface area contributed by atoms with Gasteiger partial charge in [-0.05, 0) is 33.9 Å². The van der Waals surface area contributed by atoms with Gasteiger partial charge >= 0.3 is 12.1 Å². The van der Waals surface area contributed by atoms with Crippen LogP contribution in [0.3, 0.4) is 0 Å². The molecule has 0 saturated carbocycles. The predicted octanol–water partition coefficient (Wildman–Crippen LogP) is 4.34. The first-order valence-electron chi connectivity index (χ1n) is 10.8. The normalized spacial score (nSPS) is 12.9. The minimum absolute atomic E-state index is 0.0564. The van der Waals surface area contributed by atoms with Gasteiger partial charge in [-0.25, -0.2) is 4.79 Å². The van der Waals surface area contributed by atoms with E-state index < -0.39 is 30.4 Å². The third-order valence-corrected chi connectivity index (χ3v) is 6.11. The van der Waals surface area contributed by atoms with E-state index in [2.05, 4.69) is 10.6 Å². The highest BCUT2D eigenvalue weighted by Crippen LogP contribution is 2.44. The SMILES string of the molecule is O=C(O)CC(NC(=O)OCC1c2ccccc2-c2ccccc21)C(=O)NCc1ccccc1Cl. The second-order valence-corrected chi connectivity index (χ2v) is 8.34. The highest BCUT2D eigenvalue weighted by Gasteiger charge is 2.30. The number of rotatable bonds is 8. The third-order valence-electron chi connectivity index (χ3n) is 5.74. The first kappa shape index (κ1) is 23.3. The summed E-state index contributed by atoms with van der Waals surface area (Å²) in [6.07, 6.45) is -1.44. The fraction of sp³-hybridized carbons (Fsp3) is 0.192. The zero-order valence-corrected chi connectivity index (χ0v) is 18.9. The predicted molar refractivity (Wildman–Crippen MR) is 128 cm³/mol. The standard InChI is InChI=1S/C26H23ClN2O5/c27-22-12-6-1-7-16(22)14-28-25(32)23(13-24(30)31)29-26(33)34-15-21-19-10-4-2-8-17(19)18-9-3-5-11-20(18)21/h1-12,21,23H,13-15H2,(H,28,32)(H,29,33)(H,30,31). The monoisotopic (exact) mass is 478 g/mol. The number of carbonyl (C=O) groups excluding carboxylic acids is 2. The van der Waals surface area contributed by atoms with Crippen LogP contribution in [-0.2, 0) is 20.9 Å². The summed E-state index contributed by atoms with van der Waals surface area (Å²) in [6, 6.07) is 21.5. The smallest absolute Gasteiger partial charge is 0.407 e. The molecule has 0 heterocycles. The van der Waals surface area contributed by atoms with E-state index in [1.807, 2.05) is 48.5 Å². The third kappa shape index (κ3) is 5.21. The Hall–Kier alpha value is -3.84. The summed E-state index contributed by atoms with van der Waals surface area (Å²) in [5, 5.41) is 14.7. The van der Waals surface area contributed by atoms with Crippen molar-refractivity contribution < 1.29 is 24.2 Å². The molecule has 1 atom stereocenters. The number of fused-ring (bicyclic) bond motifs is 3. The van der Waals surface area contributed by atoms with Crippen LogP contribution in [0.2, 0.25) is 5.02 Å². The van der Waals surface area contributed by atoms with Crippen molar-refractivity contribution in [3.05, 3.63) is 94.5 Å². The van der Waals surface area contributed by atoms with E-state index in [9.17, 15) is 19.5 Å². The number of carboxylic acid groups (broad SMARTS) is 1. The number of nitrogens with one attached hydrogen (secondary N) is 2. The number of alkyl carbamates (subject to hydrolysis) is 1. The van der Waals surface area contributed by atoms with Gasteiger partial charge in [-0.2, -0.15) is 0 Å². The zero-order valence-electron chi connectivity index (χ0n) is 18.2. The Bertz CT molecular complexity index is 1180. The maximum absolute atomic E-state index is 12.6. The molecule has 0 saturated heterocycles. The molecule has 0 radical (unpaired) electrons. The Balaban J connectivity index is 1.39. The molecule has 1 unspecified atom stereocenters. The molecule has 174 valence electrons. The Morgan fingerprint density at radius 1 is 0.912 bits per heavy atom. The molecule has 0 aliphatic heterocycles. The lowest BCUT2D eigenvalue weighted by molar-refractivity contribution is -0.139. The van der Waals surface area contributed by atoms with Gasteiger partial charge in [0.15, 0.2) is 0 Å². The number of benzene rings is 3. The van der Waals surface area contributed by atoms with E-state index in [-0.39, 0.29) is 19.1 Å². The molecule has 0 bridgehead atoms. The van der Waals surface area contributed by atoms with Gasteiger partial charge in [0.2, 0.25) is 5.91 Å². The molecule has 0 spiro atoms. The van der Waals surface area contributed by atoms with Gasteiger partial charge < -0.3 is 20.5 Å². The van der Waals surface area contributed by atoms with Crippen molar-refractivity contribution in [1.29, 1.82) is 0 Å². The number of amides is 2. The minimum atomic E-state index is -1.30. The van der Waals surface area contributed by atoms with Crippen LogP contribution in [0.25, 0.3) is 11.1 Å². The van der Waals surface area contributed by atoms with Gasteiger partial charge in [-0.15, -0.1) is 0 Å². The second-order valence-electron chi connectivity index (χ2n) is 7.93. The number of carbonyl (C=O) groups is 3. The summed E-state index contributed by atoms with van der Waals surface area (Å²) in [5.74, 6) is -2.02. The van der Waals surface area contributed by atoms with Crippen LogP contribution in [0.1, 0.15) is 29.0 Å². The molecule has 0 aromatic heterocycles. The van der Waals surface area contributed by atoms with Crippen LogP contribution < -0.4 is 10.6 Å². The largest absolute Gasteiger partial charge is 0.481 e. The summed E-state index contributed by atoms with van der Waals surface area (Å²) in [5.41, 5.74) is 4.96. The Labute approximate surface area is 201 Å². The van der Waals surface area contributed by atoms with Gasteiger partial charge in [-0.3, -0.25) is 9.59 Å². The van der Waals surface area contributed by atoms with Crippen molar-refractivity contribution in [2.45, 2.75) is 24.9 Å². The van der Waals surface area contributed by atoms with Crippen LogP contribution in [-0.4, -0.2) is 35.7 Å². The Morgan fingerprint density at radius 2 is 1.50 bits per heavy atom. The zero-order chi connectivity index (χ0) is 24.1. The quantitative estimate of drug-likeness (QED) is 0.446. The van der Waals surface area contributed by atoms with Gasteiger partial charge in [0, 0.05) is 17.5 Å². The van der Waals surface area contributed by atoms with E-state index in [4.69, 9.17) is 16.3 Å². The molecule has 3 aromatic rings. The lowest BCUT2D eigenvalue weighted by atomic mass is 9.98. The lowest BCUT2D eigenvalue weighted by Crippen LogP contribution is -2.48. The summed E-state index contributed by atoms with van der Waals surface area (Å²) in [4.78, 5) is 36.4. The highest BCUT2D eigenvalue weighted by molar-refractivity contribution is 6.31. The number of aliphatic carboxylic acids is 1. The van der Waals surface area contributed by atoms with Crippen LogP contribution in [0.5, 0.6) is 0 Å². The molecule has 34 heavy (non-hydrogen) atoms. The molecule has 1 aliphatic carbocycles. The van der Waals surface area contributed by atoms with Crippen molar-refractivity contribution in [3.8, 4) is 11.1 Å². The number of carboxylic acids is 1. The van der Waals surface area contributed by atoms with Crippen molar-refractivity contribution in [2.75, 3.05) is 6.61 Å². The molecular formula is C26H23ClN2O5. The molecule has 0 fully saturated rings. The van der Waals surface area contributed by atoms with Crippen LogP contribution in [0.15, 0.2) is 72.8 Å². The summed E-state index contributed by atoms with van der Waals surface area (Å²) in [7, 11) is 0. The van der Waals surface area contributed by atoms with Crippen LogP contribution in [0, 0.1) is 0 Å². The van der Waals surface area contributed by atoms with E-state index >= 15 is 0 Å². The summed E-state index contributed by atoms with van der Waals surface area (Å²) in [6.45, 7) is 0.155. The minimum Gasteiger partial charge on any atom is -0.481 e. The highest BCUT2D eigenvalue weighted by atomic mass is 35.5. The topological polar surface area (TPSA) is 105 Å². The molecule has 7 nitrogen and oxygen atoms in total. The number of halogens is 1. The van der Waals surface area contributed by atoms with E-state index in [1.165, 1.54) is 0 Å². The van der Waals surface area contributed by atoms with Gasteiger partial charge in [0.1, 0.15) is 12.6 Å². The molecule has 3 N–H and O–H groups in total. The number of hydrogen-bond acceptors (Lipinski definition) is 4. The van der Waals surface area contributed by atoms with Gasteiger partial charge in [0.05, 0.1) is 6.42 Å². The van der Waals surface area contributed by atoms with Gasteiger partial charge in [0.25, 0.3) is 0 Å². The van der Waals surface area contributed by atoms with Crippen molar-refractivity contribution in [1.82, 2.24) is 10.6 Å². The van der Waals surface area contributed by atoms with Gasteiger partial charge in [-0.1, -0.05) is 78.3 Å². The molecule has 2 amide bonds. The summed E-state index contributed by atoms with van der Waals surface area (Å²) >= 11 is 6.10. The molecule has 3 aromatic carbocycles.